The standard InChI is InChI=1S/C17H12Cl4FNO/c1-8-6-10(3-5-11(8)18)23-16(24)15-14(17(15,20)21)9-2-4-12(19)13(22)7-9/h2-7,14-15H,1H3,(H,23,24). The Morgan fingerprint density at radius 3 is 2.42 bits per heavy atom. The minimum atomic E-state index is -1.29. The van der Waals surface area contributed by atoms with Crippen LogP contribution in [-0.2, 0) is 4.79 Å². The van der Waals surface area contributed by atoms with E-state index in [2.05, 4.69) is 5.32 Å². The van der Waals surface area contributed by atoms with E-state index >= 15 is 0 Å². The molecule has 1 saturated carbocycles. The van der Waals surface area contributed by atoms with E-state index < -0.39 is 22.0 Å². The van der Waals surface area contributed by atoms with Crippen molar-refractivity contribution in [3.63, 3.8) is 0 Å². The van der Waals surface area contributed by atoms with Crippen molar-refractivity contribution < 1.29 is 9.18 Å². The largest absolute Gasteiger partial charge is 0.326 e. The molecule has 0 aromatic heterocycles. The first-order valence-electron chi connectivity index (χ1n) is 7.11. The van der Waals surface area contributed by atoms with E-state index in [9.17, 15) is 9.18 Å². The number of carbonyl (C=O) groups is 1. The van der Waals surface area contributed by atoms with Crippen molar-refractivity contribution in [1.29, 1.82) is 0 Å². The highest BCUT2D eigenvalue weighted by atomic mass is 35.5. The molecule has 2 atom stereocenters. The number of carbonyl (C=O) groups excluding carboxylic acids is 1. The van der Waals surface area contributed by atoms with Crippen LogP contribution in [0.25, 0.3) is 0 Å². The van der Waals surface area contributed by atoms with E-state index in [1.807, 2.05) is 6.92 Å². The lowest BCUT2D eigenvalue weighted by Gasteiger charge is -2.07. The lowest BCUT2D eigenvalue weighted by atomic mass is 10.1. The van der Waals surface area contributed by atoms with Gasteiger partial charge in [-0.1, -0.05) is 29.3 Å². The molecule has 0 aliphatic heterocycles. The molecular formula is C17H12Cl4FNO. The summed E-state index contributed by atoms with van der Waals surface area (Å²) in [5.74, 6) is -2.09. The van der Waals surface area contributed by atoms with E-state index in [1.165, 1.54) is 12.1 Å². The normalized spacial score (nSPS) is 21.4. The summed E-state index contributed by atoms with van der Waals surface area (Å²) in [7, 11) is 0. The molecule has 7 heteroatoms. The Hall–Kier alpha value is -1.000. The average molecular weight is 407 g/mol. The smallest absolute Gasteiger partial charge is 0.231 e. The predicted octanol–water partition coefficient (Wildman–Crippen LogP) is 5.97. The quantitative estimate of drug-likeness (QED) is 0.625. The molecule has 3 rings (SSSR count). The highest BCUT2D eigenvalue weighted by Crippen LogP contribution is 2.65. The Bertz CT molecular complexity index is 824. The first-order valence-corrected chi connectivity index (χ1v) is 8.62. The molecule has 2 unspecified atom stereocenters. The van der Waals surface area contributed by atoms with Gasteiger partial charge in [-0.3, -0.25) is 4.79 Å². The predicted molar refractivity (Wildman–Crippen MR) is 96.9 cm³/mol. The zero-order chi connectivity index (χ0) is 17.6. The first-order chi connectivity index (χ1) is 11.2. The van der Waals surface area contributed by atoms with Crippen molar-refractivity contribution in [1.82, 2.24) is 0 Å². The number of amides is 1. The monoisotopic (exact) mass is 405 g/mol. The fourth-order valence-electron chi connectivity index (χ4n) is 2.72. The van der Waals surface area contributed by atoms with Crippen molar-refractivity contribution >= 4 is 58.0 Å². The second-order valence-electron chi connectivity index (χ2n) is 5.76. The Morgan fingerprint density at radius 1 is 1.12 bits per heavy atom. The Balaban J connectivity index is 1.79. The van der Waals surface area contributed by atoms with Crippen molar-refractivity contribution in [3.8, 4) is 0 Å². The molecule has 24 heavy (non-hydrogen) atoms. The molecule has 0 saturated heterocycles. The Morgan fingerprint density at radius 2 is 1.79 bits per heavy atom. The van der Waals surface area contributed by atoms with Gasteiger partial charge in [-0.25, -0.2) is 4.39 Å². The van der Waals surface area contributed by atoms with Gasteiger partial charge in [-0.05, 0) is 48.4 Å². The van der Waals surface area contributed by atoms with Crippen LogP contribution >= 0.6 is 46.4 Å². The van der Waals surface area contributed by atoms with Crippen LogP contribution in [0.2, 0.25) is 10.0 Å². The van der Waals surface area contributed by atoms with Crippen LogP contribution in [0.4, 0.5) is 10.1 Å². The van der Waals surface area contributed by atoms with Gasteiger partial charge in [-0.2, -0.15) is 0 Å². The highest BCUT2D eigenvalue weighted by molar-refractivity contribution is 6.53. The molecule has 0 bridgehead atoms. The molecular weight excluding hydrogens is 395 g/mol. The topological polar surface area (TPSA) is 29.1 Å². The molecule has 1 amide bonds. The zero-order valence-electron chi connectivity index (χ0n) is 12.4. The van der Waals surface area contributed by atoms with Crippen LogP contribution < -0.4 is 5.32 Å². The maximum absolute atomic E-state index is 13.6. The number of hydrogen-bond acceptors (Lipinski definition) is 1. The molecule has 1 aliphatic rings. The van der Waals surface area contributed by atoms with E-state index in [1.54, 1.807) is 24.3 Å². The first kappa shape index (κ1) is 17.8. The van der Waals surface area contributed by atoms with E-state index in [-0.39, 0.29) is 10.9 Å². The van der Waals surface area contributed by atoms with Crippen molar-refractivity contribution in [2.75, 3.05) is 5.32 Å². The third-order valence-electron chi connectivity index (χ3n) is 4.06. The number of aryl methyl sites for hydroxylation is 1. The number of rotatable bonds is 3. The second-order valence-corrected chi connectivity index (χ2v) is 8.02. The van der Waals surface area contributed by atoms with Gasteiger partial charge in [0.25, 0.3) is 0 Å². The Kier molecular flexibility index (Phi) is 4.73. The summed E-state index contributed by atoms with van der Waals surface area (Å²) < 4.78 is 12.4. The fraction of sp³-hybridized carbons (Fsp3) is 0.235. The molecule has 1 N–H and O–H groups in total. The van der Waals surface area contributed by atoms with Gasteiger partial charge < -0.3 is 5.32 Å². The SMILES string of the molecule is Cc1cc(NC(=O)C2C(c3ccc(Cl)c(F)c3)C2(Cl)Cl)ccc1Cl. The second kappa shape index (κ2) is 6.38. The molecule has 0 spiro atoms. The van der Waals surface area contributed by atoms with Crippen LogP contribution in [0, 0.1) is 18.7 Å². The minimum Gasteiger partial charge on any atom is -0.326 e. The maximum atomic E-state index is 13.6. The van der Waals surface area contributed by atoms with Crippen molar-refractivity contribution in [3.05, 3.63) is 63.4 Å². The number of nitrogens with one attached hydrogen (secondary N) is 1. The van der Waals surface area contributed by atoms with E-state index in [0.29, 0.717) is 16.3 Å². The fourth-order valence-corrected chi connectivity index (χ4v) is 3.78. The summed E-state index contributed by atoms with van der Waals surface area (Å²) in [5, 5.41) is 3.38. The highest BCUT2D eigenvalue weighted by Gasteiger charge is 2.67. The summed E-state index contributed by atoms with van der Waals surface area (Å²) in [6.45, 7) is 1.84. The van der Waals surface area contributed by atoms with Crippen LogP contribution in [0.15, 0.2) is 36.4 Å². The number of benzene rings is 2. The van der Waals surface area contributed by atoms with Gasteiger partial charge in [0.1, 0.15) is 10.2 Å². The molecule has 0 heterocycles. The van der Waals surface area contributed by atoms with Crippen LogP contribution in [0.1, 0.15) is 17.0 Å². The number of hydrogen-bond donors (Lipinski definition) is 1. The molecule has 2 aromatic rings. The summed E-state index contributed by atoms with van der Waals surface area (Å²) in [5.41, 5.74) is 1.97. The third-order valence-corrected chi connectivity index (χ3v) is 5.74. The van der Waals surface area contributed by atoms with Gasteiger partial charge in [-0.15, -0.1) is 23.2 Å². The maximum Gasteiger partial charge on any atom is 0.231 e. The van der Waals surface area contributed by atoms with Crippen LogP contribution in [0.3, 0.4) is 0 Å². The molecule has 126 valence electrons. The summed E-state index contributed by atoms with van der Waals surface area (Å²) >= 11 is 24.1. The zero-order valence-corrected chi connectivity index (χ0v) is 15.4. The van der Waals surface area contributed by atoms with Gasteiger partial charge in [0.2, 0.25) is 5.91 Å². The van der Waals surface area contributed by atoms with Gasteiger partial charge in [0.05, 0.1) is 10.9 Å². The molecule has 0 radical (unpaired) electrons. The van der Waals surface area contributed by atoms with Gasteiger partial charge >= 0.3 is 0 Å². The number of alkyl halides is 2. The number of anilines is 1. The summed E-state index contributed by atoms with van der Waals surface area (Å²) in [6, 6.07) is 9.44. The molecule has 2 aromatic carbocycles. The lowest BCUT2D eigenvalue weighted by Crippen LogP contribution is -2.17. The van der Waals surface area contributed by atoms with Gasteiger partial charge in [0, 0.05) is 16.6 Å². The van der Waals surface area contributed by atoms with Crippen molar-refractivity contribution in [2.24, 2.45) is 5.92 Å². The van der Waals surface area contributed by atoms with Gasteiger partial charge in [0.15, 0.2) is 0 Å². The summed E-state index contributed by atoms with van der Waals surface area (Å²) in [6.07, 6.45) is 0. The summed E-state index contributed by atoms with van der Waals surface area (Å²) in [4.78, 5) is 12.5. The molecule has 1 fully saturated rings. The molecule has 1 aliphatic carbocycles. The minimum absolute atomic E-state index is 0.00628. The lowest BCUT2D eigenvalue weighted by molar-refractivity contribution is -0.117. The van der Waals surface area contributed by atoms with Crippen molar-refractivity contribution in [2.45, 2.75) is 17.2 Å². The Labute approximate surface area is 158 Å². The average Bonchev–Trinajstić information content (AvgIpc) is 3.08. The molecule has 2 nitrogen and oxygen atoms in total. The van der Waals surface area contributed by atoms with Crippen LogP contribution in [0.5, 0.6) is 0 Å². The van der Waals surface area contributed by atoms with E-state index in [4.69, 9.17) is 46.4 Å². The van der Waals surface area contributed by atoms with E-state index in [0.717, 1.165) is 5.56 Å². The number of halogens is 5. The van der Waals surface area contributed by atoms with Crippen LogP contribution in [-0.4, -0.2) is 10.2 Å². The third kappa shape index (κ3) is 3.23.